The van der Waals surface area contributed by atoms with Crippen LogP contribution in [0.3, 0.4) is 0 Å². The standard InChI is InChI=1S/C16H25N/c1-11(2)16(17-4)15-10-9-12(3)13-7-5-6-8-14(13)15/h5-8,11-12,15-17H,9-10H2,1-4H3. The van der Waals surface area contributed by atoms with Gasteiger partial charge >= 0.3 is 0 Å². The summed E-state index contributed by atoms with van der Waals surface area (Å²) < 4.78 is 0. The van der Waals surface area contributed by atoms with Crippen LogP contribution in [0.15, 0.2) is 24.3 Å². The molecule has 1 aliphatic carbocycles. The van der Waals surface area contributed by atoms with Gasteiger partial charge in [0.15, 0.2) is 0 Å². The van der Waals surface area contributed by atoms with Gasteiger partial charge in [0, 0.05) is 6.04 Å². The van der Waals surface area contributed by atoms with Gasteiger partial charge in [-0.2, -0.15) is 0 Å². The zero-order chi connectivity index (χ0) is 12.4. The molecule has 0 radical (unpaired) electrons. The van der Waals surface area contributed by atoms with Crippen molar-refractivity contribution in [2.24, 2.45) is 5.92 Å². The highest BCUT2D eigenvalue weighted by Gasteiger charge is 2.30. The normalized spacial score (nSPS) is 25.7. The molecule has 1 aliphatic rings. The molecule has 1 nitrogen and oxygen atoms in total. The van der Waals surface area contributed by atoms with E-state index in [0.717, 1.165) is 5.92 Å². The molecule has 0 saturated carbocycles. The molecule has 0 aromatic heterocycles. The summed E-state index contributed by atoms with van der Waals surface area (Å²) in [5.41, 5.74) is 3.16. The average molecular weight is 231 g/mol. The summed E-state index contributed by atoms with van der Waals surface area (Å²) in [6.07, 6.45) is 2.65. The van der Waals surface area contributed by atoms with Crippen LogP contribution in [0.5, 0.6) is 0 Å². The van der Waals surface area contributed by atoms with Crippen LogP contribution >= 0.6 is 0 Å². The van der Waals surface area contributed by atoms with E-state index in [1.54, 1.807) is 11.1 Å². The van der Waals surface area contributed by atoms with Crippen molar-refractivity contribution in [2.75, 3.05) is 7.05 Å². The maximum Gasteiger partial charge on any atom is 0.0156 e. The Hall–Kier alpha value is -0.820. The van der Waals surface area contributed by atoms with E-state index >= 15 is 0 Å². The van der Waals surface area contributed by atoms with E-state index in [-0.39, 0.29) is 0 Å². The fraction of sp³-hybridized carbons (Fsp3) is 0.625. The first-order valence-corrected chi connectivity index (χ1v) is 6.91. The zero-order valence-corrected chi connectivity index (χ0v) is 11.5. The third kappa shape index (κ3) is 2.40. The van der Waals surface area contributed by atoms with Gasteiger partial charge in [0.1, 0.15) is 0 Å². The summed E-state index contributed by atoms with van der Waals surface area (Å²) in [6.45, 7) is 7.00. The third-order valence-electron chi connectivity index (χ3n) is 4.32. The molecule has 0 heterocycles. The van der Waals surface area contributed by atoms with Gasteiger partial charge in [-0.25, -0.2) is 0 Å². The smallest absolute Gasteiger partial charge is 0.0156 e. The van der Waals surface area contributed by atoms with Crippen molar-refractivity contribution < 1.29 is 0 Å². The molecule has 3 atom stereocenters. The lowest BCUT2D eigenvalue weighted by Crippen LogP contribution is -2.38. The molecule has 0 aliphatic heterocycles. The van der Waals surface area contributed by atoms with Gasteiger partial charge in [-0.05, 0) is 48.8 Å². The Balaban J connectivity index is 2.35. The van der Waals surface area contributed by atoms with Gasteiger partial charge in [0.25, 0.3) is 0 Å². The Labute approximate surface area is 106 Å². The summed E-state index contributed by atoms with van der Waals surface area (Å²) in [5, 5.41) is 3.53. The van der Waals surface area contributed by atoms with Crippen LogP contribution in [-0.2, 0) is 0 Å². The summed E-state index contributed by atoms with van der Waals surface area (Å²) in [7, 11) is 2.10. The lowest BCUT2D eigenvalue weighted by Gasteiger charge is -2.36. The minimum Gasteiger partial charge on any atom is -0.316 e. The molecule has 0 spiro atoms. The van der Waals surface area contributed by atoms with Crippen molar-refractivity contribution in [3.8, 4) is 0 Å². The van der Waals surface area contributed by atoms with Crippen molar-refractivity contribution in [1.29, 1.82) is 0 Å². The van der Waals surface area contributed by atoms with Gasteiger partial charge in [0.2, 0.25) is 0 Å². The molecule has 0 amide bonds. The predicted molar refractivity (Wildman–Crippen MR) is 74.5 cm³/mol. The van der Waals surface area contributed by atoms with Crippen molar-refractivity contribution >= 4 is 0 Å². The molecule has 1 heteroatoms. The SMILES string of the molecule is CNC(C(C)C)C1CCC(C)c2ccccc21. The number of rotatable bonds is 3. The highest BCUT2D eigenvalue weighted by atomic mass is 14.9. The second-order valence-corrected chi connectivity index (χ2v) is 5.77. The Morgan fingerprint density at radius 1 is 1.12 bits per heavy atom. The summed E-state index contributed by atoms with van der Waals surface area (Å²) in [6, 6.07) is 9.63. The number of fused-ring (bicyclic) bond motifs is 1. The van der Waals surface area contributed by atoms with E-state index in [2.05, 4.69) is 57.4 Å². The quantitative estimate of drug-likeness (QED) is 0.831. The molecule has 1 N–H and O–H groups in total. The first-order chi connectivity index (χ1) is 8.15. The van der Waals surface area contributed by atoms with Crippen LogP contribution in [0.25, 0.3) is 0 Å². The van der Waals surface area contributed by atoms with Crippen molar-refractivity contribution in [2.45, 2.75) is 51.5 Å². The maximum absolute atomic E-state index is 3.53. The Morgan fingerprint density at radius 2 is 1.76 bits per heavy atom. The van der Waals surface area contributed by atoms with E-state index in [1.165, 1.54) is 12.8 Å². The van der Waals surface area contributed by atoms with Crippen molar-refractivity contribution in [1.82, 2.24) is 5.32 Å². The molecule has 0 bridgehead atoms. The van der Waals surface area contributed by atoms with Gasteiger partial charge in [0.05, 0.1) is 0 Å². The van der Waals surface area contributed by atoms with Gasteiger partial charge in [-0.15, -0.1) is 0 Å². The molecule has 2 rings (SSSR count). The lowest BCUT2D eigenvalue weighted by atomic mass is 9.72. The monoisotopic (exact) mass is 231 g/mol. The lowest BCUT2D eigenvalue weighted by molar-refractivity contribution is 0.325. The molecule has 94 valence electrons. The van der Waals surface area contributed by atoms with E-state index in [9.17, 15) is 0 Å². The largest absolute Gasteiger partial charge is 0.316 e. The van der Waals surface area contributed by atoms with Gasteiger partial charge in [-0.1, -0.05) is 45.0 Å². The van der Waals surface area contributed by atoms with Crippen LogP contribution < -0.4 is 5.32 Å². The molecule has 0 saturated heterocycles. The fourth-order valence-corrected chi connectivity index (χ4v) is 3.41. The van der Waals surface area contributed by atoms with E-state index in [1.807, 2.05) is 0 Å². The fourth-order valence-electron chi connectivity index (χ4n) is 3.41. The first kappa shape index (κ1) is 12.6. The topological polar surface area (TPSA) is 12.0 Å². The number of hydrogen-bond donors (Lipinski definition) is 1. The second-order valence-electron chi connectivity index (χ2n) is 5.77. The summed E-state index contributed by atoms with van der Waals surface area (Å²) in [4.78, 5) is 0. The van der Waals surface area contributed by atoms with Crippen molar-refractivity contribution in [3.05, 3.63) is 35.4 Å². The highest BCUT2D eigenvalue weighted by molar-refractivity contribution is 5.36. The number of likely N-dealkylation sites (N-methyl/N-ethyl adjacent to an activating group) is 1. The van der Waals surface area contributed by atoms with Crippen LogP contribution in [0.2, 0.25) is 0 Å². The van der Waals surface area contributed by atoms with Crippen LogP contribution in [-0.4, -0.2) is 13.1 Å². The Kier molecular flexibility index (Phi) is 3.88. The average Bonchev–Trinajstić information content (AvgIpc) is 2.33. The molecular weight excluding hydrogens is 206 g/mol. The number of benzene rings is 1. The Morgan fingerprint density at radius 3 is 2.35 bits per heavy atom. The first-order valence-electron chi connectivity index (χ1n) is 6.91. The van der Waals surface area contributed by atoms with Gasteiger partial charge < -0.3 is 5.32 Å². The van der Waals surface area contributed by atoms with Crippen LogP contribution in [0.1, 0.15) is 56.6 Å². The third-order valence-corrected chi connectivity index (χ3v) is 4.32. The number of hydrogen-bond acceptors (Lipinski definition) is 1. The van der Waals surface area contributed by atoms with Crippen LogP contribution in [0.4, 0.5) is 0 Å². The van der Waals surface area contributed by atoms with E-state index in [4.69, 9.17) is 0 Å². The van der Waals surface area contributed by atoms with Gasteiger partial charge in [-0.3, -0.25) is 0 Å². The maximum atomic E-state index is 3.53. The summed E-state index contributed by atoms with van der Waals surface area (Å²) in [5.74, 6) is 2.10. The minimum absolute atomic E-state index is 0.601. The Bertz CT molecular complexity index is 370. The van der Waals surface area contributed by atoms with E-state index < -0.39 is 0 Å². The molecule has 17 heavy (non-hydrogen) atoms. The van der Waals surface area contributed by atoms with Crippen LogP contribution in [0, 0.1) is 5.92 Å². The zero-order valence-electron chi connectivity index (χ0n) is 11.5. The number of nitrogens with one attached hydrogen (secondary N) is 1. The molecule has 0 fully saturated rings. The summed E-state index contributed by atoms with van der Waals surface area (Å²) >= 11 is 0. The van der Waals surface area contributed by atoms with E-state index in [0.29, 0.717) is 17.9 Å². The molecule has 3 unspecified atom stereocenters. The van der Waals surface area contributed by atoms with Crippen molar-refractivity contribution in [3.63, 3.8) is 0 Å². The molecule has 1 aromatic rings. The second kappa shape index (κ2) is 5.22. The molecular formula is C16H25N. The minimum atomic E-state index is 0.601. The molecule has 1 aromatic carbocycles. The highest BCUT2D eigenvalue weighted by Crippen LogP contribution is 2.41. The predicted octanol–water partition coefficient (Wildman–Crippen LogP) is 3.91.